The van der Waals surface area contributed by atoms with Crippen LogP contribution in [-0.2, 0) is 9.53 Å². The van der Waals surface area contributed by atoms with E-state index >= 15 is 0 Å². The van der Waals surface area contributed by atoms with E-state index in [4.69, 9.17) is 4.74 Å². The number of hydrogen-bond acceptors (Lipinski definition) is 4. The number of amides is 2. The third kappa shape index (κ3) is 3.71. The van der Waals surface area contributed by atoms with Gasteiger partial charge < -0.3 is 20.3 Å². The van der Waals surface area contributed by atoms with Crippen LogP contribution in [0, 0.1) is 0 Å². The van der Waals surface area contributed by atoms with Gasteiger partial charge >= 0.3 is 0 Å². The Kier molecular flexibility index (Phi) is 4.95. The molecule has 0 radical (unpaired) electrons. The first-order valence-corrected chi connectivity index (χ1v) is 6.62. The fraction of sp³-hybridized carbons (Fsp3) is 0.429. The summed E-state index contributed by atoms with van der Waals surface area (Å²) in [6, 6.07) is 7.14. The maximum absolute atomic E-state index is 12.2. The van der Waals surface area contributed by atoms with Crippen molar-refractivity contribution in [3.8, 4) is 0 Å². The van der Waals surface area contributed by atoms with Crippen LogP contribution in [0.1, 0.15) is 10.4 Å². The van der Waals surface area contributed by atoms with Gasteiger partial charge in [-0.1, -0.05) is 0 Å². The van der Waals surface area contributed by atoms with Crippen molar-refractivity contribution in [2.45, 2.75) is 0 Å². The van der Waals surface area contributed by atoms with E-state index in [-0.39, 0.29) is 18.4 Å². The van der Waals surface area contributed by atoms with E-state index in [0.29, 0.717) is 31.9 Å². The van der Waals surface area contributed by atoms with Crippen molar-refractivity contribution in [2.75, 3.05) is 45.2 Å². The van der Waals surface area contributed by atoms with Crippen molar-refractivity contribution in [1.82, 2.24) is 10.2 Å². The Morgan fingerprint density at radius 1 is 1.20 bits per heavy atom. The average molecular weight is 277 g/mol. The van der Waals surface area contributed by atoms with Crippen molar-refractivity contribution in [1.29, 1.82) is 0 Å². The van der Waals surface area contributed by atoms with E-state index in [9.17, 15) is 9.59 Å². The number of nitrogens with one attached hydrogen (secondary N) is 2. The van der Waals surface area contributed by atoms with E-state index in [1.54, 1.807) is 36.2 Å². The second-order valence-corrected chi connectivity index (χ2v) is 4.51. The van der Waals surface area contributed by atoms with Crippen LogP contribution in [0.25, 0.3) is 0 Å². The van der Waals surface area contributed by atoms with Gasteiger partial charge in [-0.05, 0) is 24.3 Å². The second-order valence-electron chi connectivity index (χ2n) is 4.51. The fourth-order valence-electron chi connectivity index (χ4n) is 1.95. The summed E-state index contributed by atoms with van der Waals surface area (Å²) in [5.74, 6) is -0.0652. The number of likely N-dealkylation sites (N-methyl/N-ethyl adjacent to an activating group) is 1. The first kappa shape index (κ1) is 14.3. The third-order valence-electron chi connectivity index (χ3n) is 3.16. The molecule has 2 amide bonds. The summed E-state index contributed by atoms with van der Waals surface area (Å²) in [6.45, 7) is 2.67. The number of anilines is 1. The number of carbonyl (C=O) groups excluding carboxylic acids is 2. The van der Waals surface area contributed by atoms with Gasteiger partial charge in [0, 0.05) is 31.4 Å². The Bertz CT molecular complexity index is 467. The lowest BCUT2D eigenvalue weighted by Gasteiger charge is -2.26. The molecular weight excluding hydrogens is 258 g/mol. The molecule has 0 saturated carbocycles. The molecule has 1 heterocycles. The molecule has 1 aliphatic heterocycles. The van der Waals surface area contributed by atoms with E-state index < -0.39 is 0 Å². The first-order valence-electron chi connectivity index (χ1n) is 6.62. The summed E-state index contributed by atoms with van der Waals surface area (Å²) in [6.07, 6.45) is 0. The Morgan fingerprint density at radius 3 is 2.45 bits per heavy atom. The molecule has 0 aromatic heterocycles. The molecule has 1 aliphatic rings. The van der Waals surface area contributed by atoms with Gasteiger partial charge in [-0.3, -0.25) is 9.59 Å². The van der Waals surface area contributed by atoms with Gasteiger partial charge in [0.1, 0.15) is 0 Å². The Morgan fingerprint density at radius 2 is 1.85 bits per heavy atom. The normalized spacial score (nSPS) is 14.8. The summed E-state index contributed by atoms with van der Waals surface area (Å²) >= 11 is 0. The van der Waals surface area contributed by atoms with Crippen LogP contribution < -0.4 is 10.6 Å². The van der Waals surface area contributed by atoms with Crippen LogP contribution in [0.15, 0.2) is 24.3 Å². The highest BCUT2D eigenvalue weighted by Crippen LogP contribution is 2.12. The van der Waals surface area contributed by atoms with Crippen molar-refractivity contribution in [2.24, 2.45) is 0 Å². The largest absolute Gasteiger partial charge is 0.378 e. The minimum atomic E-state index is -0.0848. The third-order valence-corrected chi connectivity index (χ3v) is 3.16. The molecular formula is C14H19N3O3. The number of morpholine rings is 1. The van der Waals surface area contributed by atoms with Crippen molar-refractivity contribution >= 4 is 17.5 Å². The minimum Gasteiger partial charge on any atom is -0.378 e. The van der Waals surface area contributed by atoms with Crippen LogP contribution >= 0.6 is 0 Å². The molecule has 1 saturated heterocycles. The molecule has 0 aliphatic carbocycles. The molecule has 1 fully saturated rings. The highest BCUT2D eigenvalue weighted by Gasteiger charge is 2.18. The molecule has 2 N–H and O–H groups in total. The fourth-order valence-corrected chi connectivity index (χ4v) is 1.95. The molecule has 2 rings (SSSR count). The lowest BCUT2D eigenvalue weighted by atomic mass is 10.1. The van der Waals surface area contributed by atoms with Gasteiger partial charge in [-0.25, -0.2) is 0 Å². The SMILES string of the molecule is CNC(=O)CNc1ccc(C(=O)N2CCOCC2)cc1. The van der Waals surface area contributed by atoms with Crippen LogP contribution in [0.3, 0.4) is 0 Å². The summed E-state index contributed by atoms with van der Waals surface area (Å²) in [5, 5.41) is 5.52. The zero-order valence-corrected chi connectivity index (χ0v) is 11.5. The van der Waals surface area contributed by atoms with Gasteiger partial charge in [0.15, 0.2) is 0 Å². The average Bonchev–Trinajstić information content (AvgIpc) is 2.53. The van der Waals surface area contributed by atoms with E-state index in [0.717, 1.165) is 5.69 Å². The topological polar surface area (TPSA) is 70.7 Å². The number of ether oxygens (including phenoxy) is 1. The number of hydrogen-bond donors (Lipinski definition) is 2. The van der Waals surface area contributed by atoms with E-state index in [1.165, 1.54) is 0 Å². The molecule has 108 valence electrons. The number of rotatable bonds is 4. The molecule has 0 bridgehead atoms. The maximum Gasteiger partial charge on any atom is 0.254 e. The zero-order chi connectivity index (χ0) is 14.4. The van der Waals surface area contributed by atoms with Gasteiger partial charge in [0.25, 0.3) is 5.91 Å². The lowest BCUT2D eigenvalue weighted by molar-refractivity contribution is -0.118. The van der Waals surface area contributed by atoms with Crippen LogP contribution in [-0.4, -0.2) is 56.6 Å². The monoisotopic (exact) mass is 277 g/mol. The maximum atomic E-state index is 12.2. The van der Waals surface area contributed by atoms with Gasteiger partial charge in [0.2, 0.25) is 5.91 Å². The molecule has 6 heteroatoms. The Balaban J connectivity index is 1.93. The highest BCUT2D eigenvalue weighted by molar-refractivity contribution is 5.94. The summed E-state index contributed by atoms with van der Waals surface area (Å²) in [7, 11) is 1.59. The first-order chi connectivity index (χ1) is 9.70. The van der Waals surface area contributed by atoms with Crippen LogP contribution in [0.2, 0.25) is 0 Å². The molecule has 20 heavy (non-hydrogen) atoms. The predicted molar refractivity (Wildman–Crippen MR) is 75.7 cm³/mol. The molecule has 1 aromatic rings. The highest BCUT2D eigenvalue weighted by atomic mass is 16.5. The molecule has 0 unspecified atom stereocenters. The second kappa shape index (κ2) is 6.91. The molecule has 0 spiro atoms. The number of carbonyl (C=O) groups is 2. The molecule has 0 atom stereocenters. The summed E-state index contributed by atoms with van der Waals surface area (Å²) < 4.78 is 5.23. The van der Waals surface area contributed by atoms with Crippen LogP contribution in [0.5, 0.6) is 0 Å². The smallest absolute Gasteiger partial charge is 0.254 e. The van der Waals surface area contributed by atoms with E-state index in [1.807, 2.05) is 0 Å². The van der Waals surface area contributed by atoms with Crippen LogP contribution in [0.4, 0.5) is 5.69 Å². The van der Waals surface area contributed by atoms with Gasteiger partial charge in [0.05, 0.1) is 19.8 Å². The quantitative estimate of drug-likeness (QED) is 0.831. The minimum absolute atomic E-state index is 0.0196. The molecule has 1 aromatic carbocycles. The number of nitrogens with zero attached hydrogens (tertiary/aromatic N) is 1. The van der Waals surface area contributed by atoms with Gasteiger partial charge in [-0.15, -0.1) is 0 Å². The van der Waals surface area contributed by atoms with Crippen molar-refractivity contribution in [3.63, 3.8) is 0 Å². The molecule has 6 nitrogen and oxygen atoms in total. The summed E-state index contributed by atoms with van der Waals surface area (Å²) in [4.78, 5) is 25.1. The van der Waals surface area contributed by atoms with Crippen molar-refractivity contribution < 1.29 is 14.3 Å². The zero-order valence-electron chi connectivity index (χ0n) is 11.5. The van der Waals surface area contributed by atoms with Gasteiger partial charge in [-0.2, -0.15) is 0 Å². The van der Waals surface area contributed by atoms with E-state index in [2.05, 4.69) is 10.6 Å². The van der Waals surface area contributed by atoms with Crippen molar-refractivity contribution in [3.05, 3.63) is 29.8 Å². The Hall–Kier alpha value is -2.08. The predicted octanol–water partition coefficient (Wildman–Crippen LogP) is 0.317. The Labute approximate surface area is 118 Å². The lowest BCUT2D eigenvalue weighted by Crippen LogP contribution is -2.40. The standard InChI is InChI=1S/C14H19N3O3/c1-15-13(18)10-16-12-4-2-11(3-5-12)14(19)17-6-8-20-9-7-17/h2-5,16H,6-10H2,1H3,(H,15,18). The number of benzene rings is 1. The summed E-state index contributed by atoms with van der Waals surface area (Å²) in [5.41, 5.74) is 1.46.